The van der Waals surface area contributed by atoms with Crippen LogP contribution in [0.2, 0.25) is 0 Å². The van der Waals surface area contributed by atoms with Crippen molar-refractivity contribution in [1.29, 1.82) is 0 Å². The summed E-state index contributed by atoms with van der Waals surface area (Å²) in [6, 6.07) is 15.1. The van der Waals surface area contributed by atoms with Gasteiger partial charge in [-0.15, -0.1) is 10.2 Å². The molecule has 2 aromatic heterocycles. The number of aromatic nitrogens is 4. The average Bonchev–Trinajstić information content (AvgIpc) is 3.39. The number of carbonyl (C=O) groups is 1. The number of nitrogens with zero attached hydrogens (tertiary/aromatic N) is 5. The van der Waals surface area contributed by atoms with E-state index in [-0.39, 0.29) is 5.91 Å². The van der Waals surface area contributed by atoms with Crippen LogP contribution in [0.25, 0.3) is 11.5 Å². The zero-order chi connectivity index (χ0) is 17.9. The standard InChI is InChI=1S/C19H20N6O/c1-24(19(26)14-6-3-2-4-7-14)17-9-5-8-16(22-17)18-23-21-13-25(18)15-10-11-20-12-15/h2-9,13,15,20H,10-12H2,1H3. The molecule has 0 saturated carbocycles. The predicted molar refractivity (Wildman–Crippen MR) is 99.0 cm³/mol. The molecule has 3 aromatic rings. The Bertz CT molecular complexity index is 901. The van der Waals surface area contributed by atoms with Crippen LogP contribution in [0, 0.1) is 0 Å². The van der Waals surface area contributed by atoms with Crippen molar-refractivity contribution < 1.29 is 4.79 Å². The number of amides is 1. The maximum Gasteiger partial charge on any atom is 0.259 e. The molecule has 1 amide bonds. The van der Waals surface area contributed by atoms with E-state index in [1.54, 1.807) is 30.4 Å². The Morgan fingerprint density at radius 2 is 2.04 bits per heavy atom. The number of nitrogens with one attached hydrogen (secondary N) is 1. The fraction of sp³-hybridized carbons (Fsp3) is 0.263. The molecule has 7 heteroatoms. The van der Waals surface area contributed by atoms with Gasteiger partial charge in [-0.3, -0.25) is 9.69 Å². The predicted octanol–water partition coefficient (Wildman–Crippen LogP) is 2.15. The van der Waals surface area contributed by atoms with Crippen molar-refractivity contribution in [3.8, 4) is 11.5 Å². The molecule has 1 fully saturated rings. The molecule has 1 aromatic carbocycles. The highest BCUT2D eigenvalue weighted by Crippen LogP contribution is 2.24. The summed E-state index contributed by atoms with van der Waals surface area (Å²) in [6.07, 6.45) is 2.79. The van der Waals surface area contributed by atoms with Gasteiger partial charge in [0.05, 0.1) is 6.04 Å². The summed E-state index contributed by atoms with van der Waals surface area (Å²) in [4.78, 5) is 18.9. The van der Waals surface area contributed by atoms with Crippen molar-refractivity contribution in [3.05, 3.63) is 60.4 Å². The van der Waals surface area contributed by atoms with E-state index in [4.69, 9.17) is 0 Å². The van der Waals surface area contributed by atoms with E-state index >= 15 is 0 Å². The Morgan fingerprint density at radius 3 is 2.81 bits per heavy atom. The van der Waals surface area contributed by atoms with Gasteiger partial charge in [0, 0.05) is 19.2 Å². The van der Waals surface area contributed by atoms with Crippen molar-refractivity contribution >= 4 is 11.7 Å². The lowest BCUT2D eigenvalue weighted by Gasteiger charge is -2.18. The molecule has 7 nitrogen and oxygen atoms in total. The lowest BCUT2D eigenvalue weighted by molar-refractivity contribution is 0.0992. The zero-order valence-electron chi connectivity index (χ0n) is 14.5. The van der Waals surface area contributed by atoms with Crippen molar-refractivity contribution in [3.63, 3.8) is 0 Å². The third kappa shape index (κ3) is 3.09. The first kappa shape index (κ1) is 16.4. The van der Waals surface area contributed by atoms with Crippen LogP contribution in [0.5, 0.6) is 0 Å². The van der Waals surface area contributed by atoms with E-state index in [0.29, 0.717) is 23.1 Å². The first-order valence-electron chi connectivity index (χ1n) is 8.65. The smallest absolute Gasteiger partial charge is 0.259 e. The van der Waals surface area contributed by atoms with E-state index in [0.717, 1.165) is 25.3 Å². The van der Waals surface area contributed by atoms with Crippen LogP contribution in [0.4, 0.5) is 5.82 Å². The number of pyridine rings is 1. The molecule has 1 aliphatic heterocycles. The molecule has 0 radical (unpaired) electrons. The van der Waals surface area contributed by atoms with Gasteiger partial charge >= 0.3 is 0 Å². The molecule has 26 heavy (non-hydrogen) atoms. The highest BCUT2D eigenvalue weighted by atomic mass is 16.2. The monoisotopic (exact) mass is 348 g/mol. The van der Waals surface area contributed by atoms with Crippen LogP contribution in [-0.2, 0) is 0 Å². The quantitative estimate of drug-likeness (QED) is 0.782. The summed E-state index contributed by atoms with van der Waals surface area (Å²) in [5.41, 5.74) is 1.34. The molecule has 1 N–H and O–H groups in total. The first-order chi connectivity index (χ1) is 12.7. The molecule has 1 aliphatic rings. The zero-order valence-corrected chi connectivity index (χ0v) is 14.5. The Kier molecular flexibility index (Phi) is 4.45. The SMILES string of the molecule is CN(C(=O)c1ccccc1)c1cccc(-c2nncn2C2CCNC2)n1. The van der Waals surface area contributed by atoms with Crippen LogP contribution >= 0.6 is 0 Å². The molecule has 1 atom stereocenters. The summed E-state index contributed by atoms with van der Waals surface area (Å²) in [6.45, 7) is 1.89. The fourth-order valence-corrected chi connectivity index (χ4v) is 3.18. The second kappa shape index (κ2) is 7.05. The third-order valence-electron chi connectivity index (χ3n) is 4.63. The van der Waals surface area contributed by atoms with Crippen LogP contribution in [0.15, 0.2) is 54.9 Å². The topological polar surface area (TPSA) is 75.9 Å². The van der Waals surface area contributed by atoms with E-state index < -0.39 is 0 Å². The Balaban J connectivity index is 1.63. The molecule has 0 aliphatic carbocycles. The minimum Gasteiger partial charge on any atom is -0.315 e. The Labute approximate surface area is 151 Å². The number of hydrogen-bond donors (Lipinski definition) is 1. The van der Waals surface area contributed by atoms with Crippen molar-refractivity contribution in [2.45, 2.75) is 12.5 Å². The van der Waals surface area contributed by atoms with Gasteiger partial charge in [-0.1, -0.05) is 24.3 Å². The van der Waals surface area contributed by atoms with E-state index in [2.05, 4.69) is 25.1 Å². The molecule has 3 heterocycles. The van der Waals surface area contributed by atoms with Gasteiger partial charge in [-0.05, 0) is 37.2 Å². The number of anilines is 1. The molecule has 0 spiro atoms. The fourth-order valence-electron chi connectivity index (χ4n) is 3.18. The molecule has 4 rings (SSSR count). The highest BCUT2D eigenvalue weighted by molar-refractivity contribution is 6.05. The molecular formula is C19H20N6O. The van der Waals surface area contributed by atoms with E-state index in [9.17, 15) is 4.79 Å². The van der Waals surface area contributed by atoms with Crippen LogP contribution < -0.4 is 10.2 Å². The molecule has 0 bridgehead atoms. The highest BCUT2D eigenvalue weighted by Gasteiger charge is 2.22. The largest absolute Gasteiger partial charge is 0.315 e. The van der Waals surface area contributed by atoms with E-state index in [1.165, 1.54) is 0 Å². The van der Waals surface area contributed by atoms with Gasteiger partial charge in [-0.25, -0.2) is 4.98 Å². The second-order valence-electron chi connectivity index (χ2n) is 6.32. The number of benzene rings is 1. The second-order valence-corrected chi connectivity index (χ2v) is 6.32. The molecule has 1 saturated heterocycles. The minimum absolute atomic E-state index is 0.100. The summed E-state index contributed by atoms with van der Waals surface area (Å²) >= 11 is 0. The summed E-state index contributed by atoms with van der Waals surface area (Å²) < 4.78 is 2.06. The van der Waals surface area contributed by atoms with Gasteiger partial charge < -0.3 is 9.88 Å². The number of rotatable bonds is 4. The average molecular weight is 348 g/mol. The van der Waals surface area contributed by atoms with Crippen LogP contribution in [0.1, 0.15) is 22.8 Å². The lowest BCUT2D eigenvalue weighted by Crippen LogP contribution is -2.27. The maximum absolute atomic E-state index is 12.7. The van der Waals surface area contributed by atoms with Crippen LogP contribution in [0.3, 0.4) is 0 Å². The summed E-state index contributed by atoms with van der Waals surface area (Å²) in [7, 11) is 1.73. The van der Waals surface area contributed by atoms with Crippen molar-refractivity contribution in [2.75, 3.05) is 25.0 Å². The van der Waals surface area contributed by atoms with Gasteiger partial charge in [0.2, 0.25) is 0 Å². The van der Waals surface area contributed by atoms with E-state index in [1.807, 2.05) is 36.4 Å². The Hall–Kier alpha value is -3.06. The maximum atomic E-state index is 12.7. The lowest BCUT2D eigenvalue weighted by atomic mass is 10.2. The van der Waals surface area contributed by atoms with Gasteiger partial charge in [-0.2, -0.15) is 0 Å². The van der Waals surface area contributed by atoms with Gasteiger partial charge in [0.1, 0.15) is 17.8 Å². The van der Waals surface area contributed by atoms with Gasteiger partial charge in [0.25, 0.3) is 5.91 Å². The third-order valence-corrected chi connectivity index (χ3v) is 4.63. The molecular weight excluding hydrogens is 328 g/mol. The van der Waals surface area contributed by atoms with Gasteiger partial charge in [0.15, 0.2) is 5.82 Å². The van der Waals surface area contributed by atoms with Crippen molar-refractivity contribution in [1.82, 2.24) is 25.1 Å². The Morgan fingerprint density at radius 1 is 1.19 bits per heavy atom. The minimum atomic E-state index is -0.100. The van der Waals surface area contributed by atoms with Crippen LogP contribution in [-0.4, -0.2) is 45.8 Å². The number of hydrogen-bond acceptors (Lipinski definition) is 5. The number of carbonyl (C=O) groups excluding carboxylic acids is 1. The molecule has 132 valence electrons. The normalized spacial score (nSPS) is 16.6. The van der Waals surface area contributed by atoms with Crippen molar-refractivity contribution in [2.24, 2.45) is 0 Å². The summed E-state index contributed by atoms with van der Waals surface area (Å²) in [5, 5.41) is 11.7. The summed E-state index contributed by atoms with van der Waals surface area (Å²) in [5.74, 6) is 1.20. The first-order valence-corrected chi connectivity index (χ1v) is 8.65. The molecule has 1 unspecified atom stereocenters.